The van der Waals surface area contributed by atoms with E-state index in [4.69, 9.17) is 9.84 Å². The quantitative estimate of drug-likeness (QED) is 0.536. The van der Waals surface area contributed by atoms with Crippen LogP contribution in [0.15, 0.2) is 11.1 Å². The van der Waals surface area contributed by atoms with Crippen LogP contribution in [0.5, 0.6) is 0 Å². The van der Waals surface area contributed by atoms with Crippen molar-refractivity contribution in [1.82, 2.24) is 0 Å². The maximum atomic E-state index is 11.3. The van der Waals surface area contributed by atoms with Gasteiger partial charge in [-0.15, -0.1) is 0 Å². The van der Waals surface area contributed by atoms with E-state index in [1.807, 2.05) is 20.8 Å². The SMILES string of the molecule is CCC(CO)OC(=O)C(C)=C(C)C. The average molecular weight is 186 g/mol. The van der Waals surface area contributed by atoms with E-state index in [1.54, 1.807) is 6.92 Å². The normalized spacial score (nSPS) is 12.1. The molecule has 0 bridgehead atoms. The van der Waals surface area contributed by atoms with Gasteiger partial charge in [0.2, 0.25) is 0 Å². The third kappa shape index (κ3) is 4.08. The van der Waals surface area contributed by atoms with Crippen molar-refractivity contribution in [3.8, 4) is 0 Å². The molecule has 1 atom stereocenters. The molecule has 0 saturated carbocycles. The molecule has 1 N–H and O–H groups in total. The van der Waals surface area contributed by atoms with Gasteiger partial charge >= 0.3 is 5.97 Å². The van der Waals surface area contributed by atoms with Crippen LogP contribution in [-0.2, 0) is 9.53 Å². The zero-order valence-electron chi connectivity index (χ0n) is 8.76. The summed E-state index contributed by atoms with van der Waals surface area (Å²) < 4.78 is 5.03. The molecule has 0 rings (SSSR count). The fraction of sp³-hybridized carbons (Fsp3) is 0.700. The van der Waals surface area contributed by atoms with Gasteiger partial charge in [0.05, 0.1) is 6.61 Å². The molecule has 1 unspecified atom stereocenters. The standard InChI is InChI=1S/C10H18O3/c1-5-9(6-11)13-10(12)8(4)7(2)3/h9,11H,5-6H2,1-4H3. The molecule has 0 spiro atoms. The minimum absolute atomic E-state index is 0.113. The summed E-state index contributed by atoms with van der Waals surface area (Å²) in [4.78, 5) is 11.3. The van der Waals surface area contributed by atoms with E-state index in [9.17, 15) is 4.79 Å². The van der Waals surface area contributed by atoms with Crippen LogP contribution in [0.3, 0.4) is 0 Å². The first kappa shape index (κ1) is 12.2. The van der Waals surface area contributed by atoms with Crippen molar-refractivity contribution in [2.45, 2.75) is 40.2 Å². The number of allylic oxidation sites excluding steroid dienone is 1. The molecule has 0 heterocycles. The molecule has 0 aliphatic heterocycles. The molecule has 0 aliphatic carbocycles. The van der Waals surface area contributed by atoms with Crippen molar-refractivity contribution < 1.29 is 14.6 Å². The van der Waals surface area contributed by atoms with Gasteiger partial charge in [-0.25, -0.2) is 4.79 Å². The number of ether oxygens (including phenoxy) is 1. The largest absolute Gasteiger partial charge is 0.457 e. The third-order valence-corrected chi connectivity index (χ3v) is 1.99. The average Bonchev–Trinajstić information content (AvgIpc) is 2.12. The lowest BCUT2D eigenvalue weighted by Crippen LogP contribution is -2.21. The Morgan fingerprint density at radius 3 is 2.23 bits per heavy atom. The van der Waals surface area contributed by atoms with E-state index >= 15 is 0 Å². The summed E-state index contributed by atoms with van der Waals surface area (Å²) >= 11 is 0. The predicted octanol–water partition coefficient (Wildman–Crippen LogP) is 1.66. The Kier molecular flexibility index (Phi) is 5.39. The van der Waals surface area contributed by atoms with Crippen molar-refractivity contribution in [1.29, 1.82) is 0 Å². The second kappa shape index (κ2) is 5.75. The number of hydrogen-bond donors (Lipinski definition) is 1. The van der Waals surface area contributed by atoms with Gasteiger partial charge in [-0.3, -0.25) is 0 Å². The minimum Gasteiger partial charge on any atom is -0.457 e. The van der Waals surface area contributed by atoms with Crippen molar-refractivity contribution in [2.75, 3.05) is 6.61 Å². The molecule has 0 radical (unpaired) electrons. The van der Waals surface area contributed by atoms with E-state index in [2.05, 4.69) is 0 Å². The maximum Gasteiger partial charge on any atom is 0.333 e. The second-order valence-electron chi connectivity index (χ2n) is 3.24. The molecule has 3 heteroatoms. The molecular formula is C10H18O3. The second-order valence-corrected chi connectivity index (χ2v) is 3.24. The van der Waals surface area contributed by atoms with E-state index in [0.29, 0.717) is 12.0 Å². The summed E-state index contributed by atoms with van der Waals surface area (Å²) in [5.41, 5.74) is 1.56. The number of hydrogen-bond acceptors (Lipinski definition) is 3. The van der Waals surface area contributed by atoms with Gasteiger partial charge in [0.15, 0.2) is 0 Å². The maximum absolute atomic E-state index is 11.3. The van der Waals surface area contributed by atoms with E-state index < -0.39 is 0 Å². The molecule has 0 aromatic rings. The summed E-state index contributed by atoms with van der Waals surface area (Å²) in [6.07, 6.45) is 0.264. The molecule has 0 aliphatic rings. The lowest BCUT2D eigenvalue weighted by molar-refractivity contribution is -0.146. The van der Waals surface area contributed by atoms with Crippen LogP contribution in [0.2, 0.25) is 0 Å². The summed E-state index contributed by atoms with van der Waals surface area (Å²) in [5.74, 6) is -0.332. The van der Waals surface area contributed by atoms with Crippen molar-refractivity contribution in [3.63, 3.8) is 0 Å². The molecule has 76 valence electrons. The van der Waals surface area contributed by atoms with E-state index in [-0.39, 0.29) is 18.7 Å². The van der Waals surface area contributed by atoms with Gasteiger partial charge < -0.3 is 9.84 Å². The van der Waals surface area contributed by atoms with Crippen LogP contribution in [0.4, 0.5) is 0 Å². The Morgan fingerprint density at radius 2 is 1.92 bits per heavy atom. The van der Waals surface area contributed by atoms with Gasteiger partial charge in [-0.05, 0) is 27.2 Å². The van der Waals surface area contributed by atoms with E-state index in [1.165, 1.54) is 0 Å². The number of aliphatic hydroxyl groups is 1. The molecule has 0 saturated heterocycles. The number of esters is 1. The summed E-state index contributed by atoms with van der Waals surface area (Å²) in [5, 5.41) is 8.80. The smallest absolute Gasteiger partial charge is 0.333 e. The first-order chi connectivity index (χ1) is 6.02. The lowest BCUT2D eigenvalue weighted by atomic mass is 10.2. The van der Waals surface area contributed by atoms with Crippen molar-refractivity contribution >= 4 is 5.97 Å². The van der Waals surface area contributed by atoms with Crippen LogP contribution < -0.4 is 0 Å². The fourth-order valence-corrected chi connectivity index (χ4v) is 0.694. The van der Waals surface area contributed by atoms with Gasteiger partial charge in [-0.2, -0.15) is 0 Å². The summed E-state index contributed by atoms with van der Waals surface area (Å²) in [7, 11) is 0. The number of carbonyl (C=O) groups is 1. The Balaban J connectivity index is 4.23. The van der Waals surface area contributed by atoms with E-state index in [0.717, 1.165) is 5.57 Å². The topological polar surface area (TPSA) is 46.5 Å². The predicted molar refractivity (Wildman–Crippen MR) is 51.3 cm³/mol. The van der Waals surface area contributed by atoms with Crippen LogP contribution >= 0.6 is 0 Å². The van der Waals surface area contributed by atoms with Crippen LogP contribution in [0.1, 0.15) is 34.1 Å². The first-order valence-electron chi connectivity index (χ1n) is 4.48. The molecule has 3 nitrogen and oxygen atoms in total. The van der Waals surface area contributed by atoms with Crippen LogP contribution in [-0.4, -0.2) is 23.8 Å². The van der Waals surface area contributed by atoms with Gasteiger partial charge in [0, 0.05) is 5.57 Å². The molecule has 0 fully saturated rings. The highest BCUT2D eigenvalue weighted by molar-refractivity contribution is 5.88. The lowest BCUT2D eigenvalue weighted by Gasteiger charge is -2.13. The minimum atomic E-state index is -0.373. The van der Waals surface area contributed by atoms with Gasteiger partial charge in [-0.1, -0.05) is 12.5 Å². The third-order valence-electron chi connectivity index (χ3n) is 1.99. The molecule has 0 aromatic heterocycles. The summed E-state index contributed by atoms with van der Waals surface area (Å²) in [6, 6.07) is 0. The Labute approximate surface area is 79.4 Å². The molecule has 0 amide bonds. The van der Waals surface area contributed by atoms with Crippen LogP contribution in [0.25, 0.3) is 0 Å². The highest BCUT2D eigenvalue weighted by atomic mass is 16.6. The zero-order chi connectivity index (χ0) is 10.4. The van der Waals surface area contributed by atoms with Gasteiger partial charge in [0.25, 0.3) is 0 Å². The Hall–Kier alpha value is -0.830. The molecular weight excluding hydrogens is 168 g/mol. The monoisotopic (exact) mass is 186 g/mol. The van der Waals surface area contributed by atoms with Crippen molar-refractivity contribution in [3.05, 3.63) is 11.1 Å². The highest BCUT2D eigenvalue weighted by Gasteiger charge is 2.13. The van der Waals surface area contributed by atoms with Gasteiger partial charge in [0.1, 0.15) is 6.10 Å². The Morgan fingerprint density at radius 1 is 1.38 bits per heavy atom. The fourth-order valence-electron chi connectivity index (χ4n) is 0.694. The summed E-state index contributed by atoms with van der Waals surface area (Å²) in [6.45, 7) is 7.19. The highest BCUT2D eigenvalue weighted by Crippen LogP contribution is 2.07. The molecule has 0 aromatic carbocycles. The Bertz CT molecular complexity index is 198. The van der Waals surface area contributed by atoms with Crippen molar-refractivity contribution in [2.24, 2.45) is 0 Å². The number of aliphatic hydroxyl groups excluding tert-OH is 1. The zero-order valence-corrected chi connectivity index (χ0v) is 8.76. The van der Waals surface area contributed by atoms with Crippen LogP contribution in [0, 0.1) is 0 Å². The first-order valence-corrected chi connectivity index (χ1v) is 4.48. The number of rotatable bonds is 4. The molecule has 13 heavy (non-hydrogen) atoms. The number of carbonyl (C=O) groups excluding carboxylic acids is 1.